The van der Waals surface area contributed by atoms with Crippen LogP contribution >= 0.6 is 0 Å². The van der Waals surface area contributed by atoms with Crippen molar-refractivity contribution < 1.29 is 13.6 Å². The molecule has 0 spiro atoms. The molecule has 6 nitrogen and oxygen atoms in total. The Balaban J connectivity index is 1.34. The number of halogens is 2. The van der Waals surface area contributed by atoms with Gasteiger partial charge >= 0.3 is 0 Å². The first kappa shape index (κ1) is 23.5. The zero-order valence-electron chi connectivity index (χ0n) is 19.7. The first-order chi connectivity index (χ1) is 15.7. The van der Waals surface area contributed by atoms with E-state index >= 15 is 0 Å². The highest BCUT2D eigenvalue weighted by Gasteiger charge is 2.35. The minimum absolute atomic E-state index is 0.0791. The number of amides is 1. The quantitative estimate of drug-likeness (QED) is 0.736. The monoisotopic (exact) mass is 457 g/mol. The average Bonchev–Trinajstić information content (AvgIpc) is 2.79. The van der Waals surface area contributed by atoms with Crippen molar-refractivity contribution in [3.8, 4) is 11.3 Å². The molecule has 1 aliphatic carbocycles. The zero-order valence-corrected chi connectivity index (χ0v) is 19.7. The molecule has 1 aromatic carbocycles. The molecular formula is C25H33F2N5O. The molecule has 1 atom stereocenters. The van der Waals surface area contributed by atoms with Gasteiger partial charge in [-0.05, 0) is 44.7 Å². The third kappa shape index (κ3) is 5.49. The van der Waals surface area contributed by atoms with Crippen molar-refractivity contribution in [2.24, 2.45) is 0 Å². The Morgan fingerprint density at radius 2 is 1.79 bits per heavy atom. The molecule has 0 radical (unpaired) electrons. The van der Waals surface area contributed by atoms with Gasteiger partial charge in [0, 0.05) is 50.1 Å². The van der Waals surface area contributed by atoms with Crippen molar-refractivity contribution in [2.75, 3.05) is 31.1 Å². The van der Waals surface area contributed by atoms with E-state index in [9.17, 15) is 13.6 Å². The van der Waals surface area contributed by atoms with Crippen LogP contribution in [0.25, 0.3) is 11.3 Å². The van der Waals surface area contributed by atoms with E-state index in [-0.39, 0.29) is 30.8 Å². The fourth-order valence-corrected chi connectivity index (χ4v) is 4.83. The van der Waals surface area contributed by atoms with Crippen LogP contribution < -0.4 is 10.2 Å². The van der Waals surface area contributed by atoms with E-state index in [2.05, 4.69) is 46.1 Å². The minimum atomic E-state index is -2.58. The Hall–Kier alpha value is -2.61. The third-order valence-corrected chi connectivity index (χ3v) is 7.04. The van der Waals surface area contributed by atoms with Crippen LogP contribution in [0.2, 0.25) is 0 Å². The van der Waals surface area contributed by atoms with Gasteiger partial charge < -0.3 is 10.2 Å². The number of rotatable bonds is 5. The molecule has 1 N–H and O–H groups in total. The topological polar surface area (TPSA) is 61.4 Å². The molecule has 1 saturated heterocycles. The molecule has 178 valence electrons. The van der Waals surface area contributed by atoms with Gasteiger partial charge in [0.2, 0.25) is 11.8 Å². The summed E-state index contributed by atoms with van der Waals surface area (Å²) in [4.78, 5) is 16.9. The molecule has 4 rings (SSSR count). The molecule has 0 unspecified atom stereocenters. The van der Waals surface area contributed by atoms with Crippen molar-refractivity contribution in [2.45, 2.75) is 64.5 Å². The van der Waals surface area contributed by atoms with Crippen molar-refractivity contribution in [3.05, 3.63) is 41.5 Å². The van der Waals surface area contributed by atoms with Crippen LogP contribution in [0.1, 0.15) is 43.7 Å². The number of carbonyl (C=O) groups is 1. The summed E-state index contributed by atoms with van der Waals surface area (Å²) in [5.74, 6) is -1.76. The Morgan fingerprint density at radius 3 is 2.45 bits per heavy atom. The average molecular weight is 458 g/mol. The molecular weight excluding hydrogens is 424 g/mol. The van der Waals surface area contributed by atoms with E-state index < -0.39 is 5.92 Å². The number of nitrogens with one attached hydrogen (secondary N) is 1. The molecule has 1 amide bonds. The van der Waals surface area contributed by atoms with E-state index in [1.165, 1.54) is 0 Å². The number of hydrogen-bond acceptors (Lipinski definition) is 5. The lowest BCUT2D eigenvalue weighted by Crippen LogP contribution is -2.55. The lowest BCUT2D eigenvalue weighted by atomic mass is 9.92. The second-order valence-corrected chi connectivity index (χ2v) is 9.45. The van der Waals surface area contributed by atoms with Gasteiger partial charge in [0.05, 0.1) is 12.2 Å². The molecule has 2 aromatic rings. The van der Waals surface area contributed by atoms with Gasteiger partial charge in [-0.3, -0.25) is 9.69 Å². The summed E-state index contributed by atoms with van der Waals surface area (Å²) >= 11 is 0. The highest BCUT2D eigenvalue weighted by atomic mass is 19.3. The summed E-state index contributed by atoms with van der Waals surface area (Å²) < 4.78 is 26.7. The minimum Gasteiger partial charge on any atom is -0.352 e. The number of anilines is 1. The van der Waals surface area contributed by atoms with Gasteiger partial charge in [0.1, 0.15) is 0 Å². The van der Waals surface area contributed by atoms with Crippen LogP contribution in [0, 0.1) is 13.8 Å². The standard InChI is InChI=1S/C25H33F2N5O/c1-17-15-32(24-19(3)18(2)23(29-30-24)20-7-5-4-6-8-20)14-13-31(17)16-22(33)28-21-9-11-25(26,27)12-10-21/h4-8,17,21H,9-16H2,1-3H3,(H,28,33)/t17-/m0/s1. The Labute approximate surface area is 194 Å². The molecule has 33 heavy (non-hydrogen) atoms. The summed E-state index contributed by atoms with van der Waals surface area (Å²) in [5.41, 5.74) is 4.21. The van der Waals surface area contributed by atoms with Gasteiger partial charge in [-0.15, -0.1) is 10.2 Å². The van der Waals surface area contributed by atoms with Crippen molar-refractivity contribution in [3.63, 3.8) is 0 Å². The van der Waals surface area contributed by atoms with Gasteiger partial charge in [-0.2, -0.15) is 0 Å². The first-order valence-electron chi connectivity index (χ1n) is 11.8. The van der Waals surface area contributed by atoms with E-state index in [1.54, 1.807) is 0 Å². The number of aromatic nitrogens is 2. The van der Waals surface area contributed by atoms with Gasteiger partial charge in [0.25, 0.3) is 0 Å². The van der Waals surface area contributed by atoms with E-state index in [4.69, 9.17) is 0 Å². The second kappa shape index (κ2) is 9.71. The highest BCUT2D eigenvalue weighted by Crippen LogP contribution is 2.33. The number of benzene rings is 1. The lowest BCUT2D eigenvalue weighted by molar-refractivity contribution is -0.124. The zero-order chi connectivity index (χ0) is 23.6. The maximum Gasteiger partial charge on any atom is 0.248 e. The van der Waals surface area contributed by atoms with E-state index in [1.807, 2.05) is 30.3 Å². The predicted molar refractivity (Wildman–Crippen MR) is 126 cm³/mol. The largest absolute Gasteiger partial charge is 0.352 e. The van der Waals surface area contributed by atoms with E-state index in [0.717, 1.165) is 47.8 Å². The first-order valence-corrected chi connectivity index (χ1v) is 11.8. The fourth-order valence-electron chi connectivity index (χ4n) is 4.83. The Bertz CT molecular complexity index is 974. The predicted octanol–water partition coefficient (Wildman–Crippen LogP) is 3.97. The van der Waals surface area contributed by atoms with Crippen LogP contribution in [0.3, 0.4) is 0 Å². The maximum atomic E-state index is 13.3. The van der Waals surface area contributed by atoms with E-state index in [0.29, 0.717) is 19.4 Å². The van der Waals surface area contributed by atoms with Crippen LogP contribution in [-0.4, -0.2) is 65.2 Å². The highest BCUT2D eigenvalue weighted by molar-refractivity contribution is 5.78. The van der Waals surface area contributed by atoms with Crippen molar-refractivity contribution in [1.82, 2.24) is 20.4 Å². The molecule has 8 heteroatoms. The summed E-state index contributed by atoms with van der Waals surface area (Å²) in [6.45, 7) is 8.81. The molecule has 2 aliphatic rings. The molecule has 2 fully saturated rings. The SMILES string of the molecule is Cc1c(-c2ccccc2)nnc(N2CCN(CC(=O)NC3CCC(F)(F)CC3)[C@@H](C)C2)c1C. The Morgan fingerprint density at radius 1 is 1.09 bits per heavy atom. The fraction of sp³-hybridized carbons (Fsp3) is 0.560. The summed E-state index contributed by atoms with van der Waals surface area (Å²) in [5, 5.41) is 12.1. The molecule has 1 saturated carbocycles. The normalized spacial score (nSPS) is 21.7. The van der Waals surface area contributed by atoms with Crippen LogP contribution in [0.4, 0.5) is 14.6 Å². The Kier molecular flexibility index (Phi) is 6.93. The third-order valence-electron chi connectivity index (χ3n) is 7.04. The molecule has 0 bridgehead atoms. The molecule has 1 aromatic heterocycles. The number of carbonyl (C=O) groups excluding carboxylic acids is 1. The number of alkyl halides is 2. The van der Waals surface area contributed by atoms with Crippen molar-refractivity contribution in [1.29, 1.82) is 0 Å². The van der Waals surface area contributed by atoms with Crippen LogP contribution in [0.5, 0.6) is 0 Å². The lowest BCUT2D eigenvalue weighted by Gasteiger charge is -2.40. The van der Waals surface area contributed by atoms with Crippen LogP contribution in [0.15, 0.2) is 30.3 Å². The summed E-state index contributed by atoms with van der Waals surface area (Å²) in [7, 11) is 0. The van der Waals surface area contributed by atoms with Crippen molar-refractivity contribution >= 4 is 11.7 Å². The van der Waals surface area contributed by atoms with Gasteiger partial charge in [-0.25, -0.2) is 8.78 Å². The summed E-state index contributed by atoms with van der Waals surface area (Å²) in [6, 6.07) is 10.1. The molecule has 1 aliphatic heterocycles. The second-order valence-electron chi connectivity index (χ2n) is 9.45. The van der Waals surface area contributed by atoms with Gasteiger partial charge in [0.15, 0.2) is 5.82 Å². The number of hydrogen-bond donors (Lipinski definition) is 1. The summed E-state index contributed by atoms with van der Waals surface area (Å²) in [6.07, 6.45) is 0.405. The maximum absolute atomic E-state index is 13.3. The van der Waals surface area contributed by atoms with Crippen LogP contribution in [-0.2, 0) is 4.79 Å². The smallest absolute Gasteiger partial charge is 0.248 e. The number of nitrogens with zero attached hydrogens (tertiary/aromatic N) is 4. The van der Waals surface area contributed by atoms with Gasteiger partial charge in [-0.1, -0.05) is 30.3 Å². The molecule has 2 heterocycles. The number of piperazine rings is 1.